The number of nitrogens with zero attached hydrogens (tertiary/aromatic N) is 3. The van der Waals surface area contributed by atoms with Gasteiger partial charge in [-0.15, -0.1) is 0 Å². The molecule has 18 heavy (non-hydrogen) atoms. The van der Waals surface area contributed by atoms with E-state index in [1.165, 1.54) is 0 Å². The highest BCUT2D eigenvalue weighted by Crippen LogP contribution is 2.31. The topological polar surface area (TPSA) is 116 Å². The van der Waals surface area contributed by atoms with Gasteiger partial charge in [0, 0.05) is 27.6 Å². The summed E-state index contributed by atoms with van der Waals surface area (Å²) < 4.78 is 0.935. The van der Waals surface area contributed by atoms with Crippen molar-refractivity contribution in [3.05, 3.63) is 35.1 Å². The van der Waals surface area contributed by atoms with Crippen molar-refractivity contribution in [3.8, 4) is 0 Å². The molecule has 1 heterocycles. The van der Waals surface area contributed by atoms with Crippen molar-refractivity contribution in [3.63, 3.8) is 0 Å². The molecule has 0 aliphatic rings. The molecule has 2 aromatic rings. The Bertz CT molecular complexity index is 645. The second-order valence-corrected chi connectivity index (χ2v) is 4.35. The summed E-state index contributed by atoms with van der Waals surface area (Å²) in [5.41, 5.74) is 16.8. The molecule has 7 heteroatoms. The third-order valence-corrected chi connectivity index (χ3v) is 2.91. The van der Waals surface area contributed by atoms with Crippen LogP contribution in [0, 0.1) is 0 Å². The Kier molecular flexibility index (Phi) is 3.42. The van der Waals surface area contributed by atoms with Crippen molar-refractivity contribution in [1.82, 2.24) is 4.98 Å². The summed E-state index contributed by atoms with van der Waals surface area (Å²) in [5, 5.41) is 1.85. The lowest BCUT2D eigenvalue weighted by molar-refractivity contribution is 1.35. The average molecular weight is 307 g/mol. The molecule has 1 aromatic carbocycles. The maximum Gasteiger partial charge on any atom is 0.223 e. The Labute approximate surface area is 112 Å². The molecule has 6 N–H and O–H groups in total. The van der Waals surface area contributed by atoms with Crippen molar-refractivity contribution in [2.75, 3.05) is 0 Å². The molecular formula is C11H11BrN6. The molecule has 0 saturated heterocycles. The van der Waals surface area contributed by atoms with Crippen LogP contribution in [0.25, 0.3) is 10.8 Å². The standard InChI is InChI=1S/C11H11BrN6/c12-8-1-2-9(17-11(15)18-10(13)14)6-3-4-16-5-7(6)8/h1-5H,(H6,13,14,15,17,18). The smallest absolute Gasteiger partial charge is 0.223 e. The lowest BCUT2D eigenvalue weighted by Gasteiger charge is -2.04. The molecule has 0 aliphatic carbocycles. The van der Waals surface area contributed by atoms with Crippen LogP contribution in [0.2, 0.25) is 0 Å². The first-order valence-corrected chi connectivity index (χ1v) is 5.83. The van der Waals surface area contributed by atoms with Gasteiger partial charge in [-0.2, -0.15) is 4.99 Å². The molecule has 0 fully saturated rings. The Balaban J connectivity index is 2.59. The van der Waals surface area contributed by atoms with E-state index in [1.807, 2.05) is 18.2 Å². The Hall–Kier alpha value is -2.15. The lowest BCUT2D eigenvalue weighted by atomic mass is 10.1. The fraction of sp³-hybridized carbons (Fsp3) is 0. The predicted molar refractivity (Wildman–Crippen MR) is 76.5 cm³/mol. The van der Waals surface area contributed by atoms with Crippen molar-refractivity contribution >= 4 is 44.3 Å². The molecule has 0 bridgehead atoms. The summed E-state index contributed by atoms with van der Waals surface area (Å²) in [6.07, 6.45) is 3.43. The van der Waals surface area contributed by atoms with Gasteiger partial charge >= 0.3 is 0 Å². The molecule has 1 aromatic heterocycles. The quantitative estimate of drug-likeness (QED) is 0.542. The van der Waals surface area contributed by atoms with Crippen molar-refractivity contribution in [2.45, 2.75) is 0 Å². The van der Waals surface area contributed by atoms with Crippen LogP contribution in [0.1, 0.15) is 0 Å². The van der Waals surface area contributed by atoms with Gasteiger partial charge in [-0.05, 0) is 18.2 Å². The number of rotatable bonds is 1. The third kappa shape index (κ3) is 2.57. The van der Waals surface area contributed by atoms with Gasteiger partial charge in [-0.25, -0.2) is 4.99 Å². The van der Waals surface area contributed by atoms with Gasteiger partial charge in [0.05, 0.1) is 5.69 Å². The normalized spacial score (nSPS) is 11.5. The highest BCUT2D eigenvalue weighted by Gasteiger charge is 2.04. The van der Waals surface area contributed by atoms with E-state index >= 15 is 0 Å². The molecule has 0 aliphatic heterocycles. The molecule has 6 nitrogen and oxygen atoms in total. The van der Waals surface area contributed by atoms with Crippen LogP contribution in [0.5, 0.6) is 0 Å². The van der Waals surface area contributed by atoms with Crippen LogP contribution in [0.3, 0.4) is 0 Å². The summed E-state index contributed by atoms with van der Waals surface area (Å²) in [6.45, 7) is 0. The summed E-state index contributed by atoms with van der Waals surface area (Å²) in [5.74, 6) is -0.116. The van der Waals surface area contributed by atoms with E-state index in [4.69, 9.17) is 17.2 Å². The van der Waals surface area contributed by atoms with Gasteiger partial charge in [0.1, 0.15) is 0 Å². The van der Waals surface area contributed by atoms with Gasteiger partial charge in [0.2, 0.25) is 5.96 Å². The maximum atomic E-state index is 5.61. The van der Waals surface area contributed by atoms with E-state index < -0.39 is 0 Å². The Morgan fingerprint density at radius 2 is 1.89 bits per heavy atom. The van der Waals surface area contributed by atoms with Crippen LogP contribution >= 0.6 is 15.9 Å². The SMILES string of the molecule is NC(N)=NC(N)=Nc1ccc(Br)c2cnccc12. The number of nitrogens with two attached hydrogens (primary N) is 3. The second kappa shape index (κ2) is 5.01. The van der Waals surface area contributed by atoms with E-state index in [1.54, 1.807) is 12.4 Å². The van der Waals surface area contributed by atoms with Crippen LogP contribution < -0.4 is 17.2 Å². The van der Waals surface area contributed by atoms with E-state index in [9.17, 15) is 0 Å². The average Bonchev–Trinajstić information content (AvgIpc) is 2.32. The number of aliphatic imine (C=N–C) groups is 2. The number of benzene rings is 1. The zero-order chi connectivity index (χ0) is 13.1. The highest BCUT2D eigenvalue weighted by molar-refractivity contribution is 9.10. The van der Waals surface area contributed by atoms with Crippen LogP contribution in [0.4, 0.5) is 5.69 Å². The molecule has 0 saturated carbocycles. The number of halogens is 1. The molecule has 0 atom stereocenters. The van der Waals surface area contributed by atoms with Gasteiger partial charge in [0.25, 0.3) is 0 Å². The first-order chi connectivity index (χ1) is 8.58. The van der Waals surface area contributed by atoms with E-state index in [0.29, 0.717) is 5.69 Å². The number of hydrogen-bond acceptors (Lipinski definition) is 2. The number of guanidine groups is 2. The number of fused-ring (bicyclic) bond motifs is 1. The molecule has 0 radical (unpaired) electrons. The Morgan fingerprint density at radius 1 is 1.11 bits per heavy atom. The Morgan fingerprint density at radius 3 is 2.61 bits per heavy atom. The van der Waals surface area contributed by atoms with Gasteiger partial charge < -0.3 is 17.2 Å². The predicted octanol–water partition coefficient (Wildman–Crippen LogP) is 1.22. The number of aromatic nitrogens is 1. The van der Waals surface area contributed by atoms with Gasteiger partial charge in [0.15, 0.2) is 5.96 Å². The minimum absolute atomic E-state index is 0.00966. The molecular weight excluding hydrogens is 296 g/mol. The van der Waals surface area contributed by atoms with Gasteiger partial charge in [-0.1, -0.05) is 15.9 Å². The van der Waals surface area contributed by atoms with Crippen molar-refractivity contribution in [2.24, 2.45) is 27.2 Å². The highest BCUT2D eigenvalue weighted by atomic mass is 79.9. The second-order valence-electron chi connectivity index (χ2n) is 3.49. The van der Waals surface area contributed by atoms with Crippen LogP contribution in [-0.4, -0.2) is 16.9 Å². The largest absolute Gasteiger partial charge is 0.370 e. The molecule has 2 rings (SSSR count). The fourth-order valence-corrected chi connectivity index (χ4v) is 1.97. The third-order valence-electron chi connectivity index (χ3n) is 2.22. The monoisotopic (exact) mass is 306 g/mol. The molecule has 92 valence electrons. The maximum absolute atomic E-state index is 5.61. The van der Waals surface area contributed by atoms with Crippen molar-refractivity contribution in [1.29, 1.82) is 0 Å². The lowest BCUT2D eigenvalue weighted by Crippen LogP contribution is -2.26. The molecule has 0 unspecified atom stereocenters. The minimum Gasteiger partial charge on any atom is -0.370 e. The fourth-order valence-electron chi connectivity index (χ4n) is 1.52. The van der Waals surface area contributed by atoms with E-state index in [2.05, 4.69) is 30.9 Å². The minimum atomic E-state index is -0.126. The van der Waals surface area contributed by atoms with Crippen LogP contribution in [0.15, 0.2) is 45.1 Å². The summed E-state index contributed by atoms with van der Waals surface area (Å²) in [6, 6.07) is 5.54. The zero-order valence-corrected chi connectivity index (χ0v) is 10.9. The first-order valence-electron chi connectivity index (χ1n) is 5.04. The first kappa shape index (κ1) is 12.3. The molecule has 0 amide bonds. The van der Waals surface area contributed by atoms with E-state index in [-0.39, 0.29) is 11.9 Å². The van der Waals surface area contributed by atoms with Crippen LogP contribution in [-0.2, 0) is 0 Å². The number of pyridine rings is 1. The van der Waals surface area contributed by atoms with Gasteiger partial charge in [-0.3, -0.25) is 4.98 Å². The summed E-state index contributed by atoms with van der Waals surface area (Å²) in [7, 11) is 0. The number of hydrogen-bond donors (Lipinski definition) is 3. The van der Waals surface area contributed by atoms with E-state index in [0.717, 1.165) is 15.2 Å². The summed E-state index contributed by atoms with van der Waals surface area (Å²) >= 11 is 3.45. The van der Waals surface area contributed by atoms with Crippen molar-refractivity contribution < 1.29 is 0 Å². The molecule has 0 spiro atoms. The summed E-state index contributed by atoms with van der Waals surface area (Å²) in [4.78, 5) is 11.9. The zero-order valence-electron chi connectivity index (χ0n) is 9.34.